The fraction of sp³-hybridized carbons (Fsp3) is 0.600. The van der Waals surface area contributed by atoms with Crippen molar-refractivity contribution >= 4 is 0 Å². The molecule has 0 bridgehead atoms. The van der Waals surface area contributed by atoms with Gasteiger partial charge in [0, 0.05) is 11.6 Å². The Morgan fingerprint density at radius 1 is 1.29 bits per heavy atom. The first-order valence-electron chi connectivity index (χ1n) is 6.69. The average molecular weight is 235 g/mol. The Kier molecular flexibility index (Phi) is 4.16. The van der Waals surface area contributed by atoms with E-state index in [-0.39, 0.29) is 11.9 Å². The lowest BCUT2D eigenvalue weighted by molar-refractivity contribution is 0.317. The minimum absolute atomic E-state index is 0.115. The van der Waals surface area contributed by atoms with Gasteiger partial charge in [-0.1, -0.05) is 50.3 Å². The fourth-order valence-electron chi connectivity index (χ4n) is 2.87. The molecule has 1 aromatic carbocycles. The van der Waals surface area contributed by atoms with Crippen molar-refractivity contribution in [1.29, 1.82) is 0 Å². The van der Waals surface area contributed by atoms with Gasteiger partial charge in [-0.15, -0.1) is 0 Å². The maximum atomic E-state index is 13.9. The zero-order valence-corrected chi connectivity index (χ0v) is 10.6. The Morgan fingerprint density at radius 2 is 2.00 bits per heavy atom. The van der Waals surface area contributed by atoms with Crippen LogP contribution in [0.5, 0.6) is 0 Å². The lowest BCUT2D eigenvalue weighted by Gasteiger charge is -2.25. The molecule has 0 radical (unpaired) electrons. The molecule has 2 N–H and O–H groups in total. The molecular weight excluding hydrogens is 213 g/mol. The van der Waals surface area contributed by atoms with Crippen molar-refractivity contribution in [1.82, 2.24) is 0 Å². The zero-order chi connectivity index (χ0) is 12.3. The number of halogens is 1. The van der Waals surface area contributed by atoms with E-state index >= 15 is 0 Å². The Hall–Kier alpha value is -0.890. The Labute approximate surface area is 103 Å². The van der Waals surface area contributed by atoms with Gasteiger partial charge in [0.25, 0.3) is 0 Å². The molecule has 17 heavy (non-hydrogen) atoms. The molecule has 2 rings (SSSR count). The molecule has 1 aliphatic carbocycles. The first kappa shape index (κ1) is 12.6. The fourth-order valence-corrected chi connectivity index (χ4v) is 2.87. The second-order valence-electron chi connectivity index (χ2n) is 5.32. The lowest BCUT2D eigenvalue weighted by atomic mass is 9.83. The molecule has 0 aromatic heterocycles. The van der Waals surface area contributed by atoms with E-state index in [1.165, 1.54) is 32.1 Å². The first-order chi connectivity index (χ1) is 8.18. The number of benzene rings is 1. The summed E-state index contributed by atoms with van der Waals surface area (Å²) in [5.41, 5.74) is 7.54. The van der Waals surface area contributed by atoms with E-state index in [1.54, 1.807) is 13.0 Å². The summed E-state index contributed by atoms with van der Waals surface area (Å²) in [5, 5.41) is 0. The quantitative estimate of drug-likeness (QED) is 0.838. The molecule has 1 aliphatic rings. The molecule has 1 atom stereocenters. The van der Waals surface area contributed by atoms with Gasteiger partial charge in [0.1, 0.15) is 5.82 Å². The van der Waals surface area contributed by atoms with E-state index in [0.717, 1.165) is 6.42 Å². The SMILES string of the molecule is Cc1cccc(C(N)CC2CCCCC2)c1F. The average Bonchev–Trinajstić information content (AvgIpc) is 2.34. The number of nitrogens with two attached hydrogens (primary N) is 1. The highest BCUT2D eigenvalue weighted by molar-refractivity contribution is 5.27. The summed E-state index contributed by atoms with van der Waals surface area (Å²) >= 11 is 0. The summed E-state index contributed by atoms with van der Waals surface area (Å²) in [5.74, 6) is 0.578. The molecule has 2 heteroatoms. The molecule has 1 aromatic rings. The second-order valence-corrected chi connectivity index (χ2v) is 5.32. The summed E-state index contributed by atoms with van der Waals surface area (Å²) in [6.45, 7) is 1.80. The zero-order valence-electron chi connectivity index (χ0n) is 10.6. The van der Waals surface area contributed by atoms with Crippen LogP contribution in [-0.2, 0) is 0 Å². The van der Waals surface area contributed by atoms with Gasteiger partial charge in [-0.2, -0.15) is 0 Å². The lowest BCUT2D eigenvalue weighted by Crippen LogP contribution is -2.18. The second kappa shape index (κ2) is 5.63. The number of aryl methyl sites for hydroxylation is 1. The predicted molar refractivity (Wildman–Crippen MR) is 69.3 cm³/mol. The van der Waals surface area contributed by atoms with Crippen LogP contribution in [0.15, 0.2) is 18.2 Å². The molecule has 1 nitrogen and oxygen atoms in total. The normalized spacial score (nSPS) is 19.2. The highest BCUT2D eigenvalue weighted by Crippen LogP contribution is 2.31. The number of hydrogen-bond donors (Lipinski definition) is 1. The summed E-state index contributed by atoms with van der Waals surface area (Å²) < 4.78 is 13.9. The van der Waals surface area contributed by atoms with E-state index in [1.807, 2.05) is 12.1 Å². The van der Waals surface area contributed by atoms with Crippen molar-refractivity contribution in [2.45, 2.75) is 51.5 Å². The van der Waals surface area contributed by atoms with Crippen molar-refractivity contribution in [2.75, 3.05) is 0 Å². The standard InChI is InChI=1S/C15H22FN/c1-11-6-5-9-13(15(11)16)14(17)10-12-7-3-2-4-8-12/h5-6,9,12,14H,2-4,7-8,10,17H2,1H3. The van der Waals surface area contributed by atoms with Gasteiger partial charge in [0.15, 0.2) is 0 Å². The Bertz CT molecular complexity index is 369. The maximum absolute atomic E-state index is 13.9. The molecule has 0 aliphatic heterocycles. The minimum Gasteiger partial charge on any atom is -0.324 e. The van der Waals surface area contributed by atoms with Gasteiger partial charge in [0.05, 0.1) is 0 Å². The number of rotatable bonds is 3. The molecular formula is C15H22FN. The molecule has 0 heterocycles. The van der Waals surface area contributed by atoms with Gasteiger partial charge < -0.3 is 5.73 Å². The van der Waals surface area contributed by atoms with Crippen LogP contribution >= 0.6 is 0 Å². The van der Waals surface area contributed by atoms with Crippen LogP contribution in [0.25, 0.3) is 0 Å². The molecule has 0 spiro atoms. The third kappa shape index (κ3) is 3.06. The van der Waals surface area contributed by atoms with Crippen LogP contribution in [0, 0.1) is 18.7 Å². The van der Waals surface area contributed by atoms with E-state index in [4.69, 9.17) is 5.73 Å². The molecule has 1 fully saturated rings. The van der Waals surface area contributed by atoms with Gasteiger partial charge in [-0.25, -0.2) is 4.39 Å². The van der Waals surface area contributed by atoms with Crippen molar-refractivity contribution in [2.24, 2.45) is 11.7 Å². The third-order valence-electron chi connectivity index (χ3n) is 3.93. The van der Waals surface area contributed by atoms with Crippen molar-refractivity contribution in [3.8, 4) is 0 Å². The van der Waals surface area contributed by atoms with E-state index in [9.17, 15) is 4.39 Å². The van der Waals surface area contributed by atoms with E-state index in [2.05, 4.69) is 0 Å². The summed E-state index contributed by atoms with van der Waals surface area (Å²) in [6.07, 6.45) is 7.44. The topological polar surface area (TPSA) is 26.0 Å². The monoisotopic (exact) mass is 235 g/mol. The largest absolute Gasteiger partial charge is 0.324 e. The van der Waals surface area contributed by atoms with Crippen LogP contribution in [0.2, 0.25) is 0 Å². The van der Waals surface area contributed by atoms with Crippen molar-refractivity contribution in [3.05, 3.63) is 35.1 Å². The van der Waals surface area contributed by atoms with Crippen LogP contribution in [0.3, 0.4) is 0 Å². The molecule has 1 saturated carbocycles. The summed E-state index contributed by atoms with van der Waals surface area (Å²) in [4.78, 5) is 0. The van der Waals surface area contributed by atoms with Gasteiger partial charge >= 0.3 is 0 Å². The first-order valence-corrected chi connectivity index (χ1v) is 6.69. The van der Waals surface area contributed by atoms with E-state index < -0.39 is 0 Å². The molecule has 0 saturated heterocycles. The molecule has 1 unspecified atom stereocenters. The van der Waals surface area contributed by atoms with E-state index in [0.29, 0.717) is 17.0 Å². The highest BCUT2D eigenvalue weighted by Gasteiger charge is 2.19. The Morgan fingerprint density at radius 3 is 2.71 bits per heavy atom. The maximum Gasteiger partial charge on any atom is 0.130 e. The Balaban J connectivity index is 2.03. The van der Waals surface area contributed by atoms with Gasteiger partial charge in [-0.3, -0.25) is 0 Å². The van der Waals surface area contributed by atoms with Crippen LogP contribution in [-0.4, -0.2) is 0 Å². The van der Waals surface area contributed by atoms with Crippen LogP contribution in [0.4, 0.5) is 4.39 Å². The summed E-state index contributed by atoms with van der Waals surface area (Å²) in [6, 6.07) is 5.38. The summed E-state index contributed by atoms with van der Waals surface area (Å²) in [7, 11) is 0. The predicted octanol–water partition coefficient (Wildman–Crippen LogP) is 4.10. The highest BCUT2D eigenvalue weighted by atomic mass is 19.1. The van der Waals surface area contributed by atoms with Gasteiger partial charge in [0.2, 0.25) is 0 Å². The molecule has 94 valence electrons. The smallest absolute Gasteiger partial charge is 0.130 e. The van der Waals surface area contributed by atoms with Crippen molar-refractivity contribution < 1.29 is 4.39 Å². The number of hydrogen-bond acceptors (Lipinski definition) is 1. The van der Waals surface area contributed by atoms with Gasteiger partial charge in [-0.05, 0) is 24.8 Å². The third-order valence-corrected chi connectivity index (χ3v) is 3.93. The molecule has 0 amide bonds. The van der Waals surface area contributed by atoms with Crippen molar-refractivity contribution in [3.63, 3.8) is 0 Å². The van der Waals surface area contributed by atoms with Crippen LogP contribution < -0.4 is 5.73 Å². The van der Waals surface area contributed by atoms with Crippen LogP contribution in [0.1, 0.15) is 55.7 Å². The minimum atomic E-state index is -0.141.